The minimum atomic E-state index is -3.53. The predicted octanol–water partition coefficient (Wildman–Crippen LogP) is 3.10. The molecule has 154 valence electrons. The van der Waals surface area contributed by atoms with Crippen molar-refractivity contribution in [3.8, 4) is 5.75 Å². The maximum absolute atomic E-state index is 12.8. The van der Waals surface area contributed by atoms with Crippen molar-refractivity contribution in [3.05, 3.63) is 35.9 Å². The molecule has 1 aromatic rings. The number of methoxy groups -OCH3 is 1. The third-order valence-electron chi connectivity index (χ3n) is 5.65. The summed E-state index contributed by atoms with van der Waals surface area (Å²) in [5, 5.41) is 3.04. The van der Waals surface area contributed by atoms with Crippen LogP contribution in [0.1, 0.15) is 44.9 Å². The summed E-state index contributed by atoms with van der Waals surface area (Å²) < 4.78 is 32.1. The lowest BCUT2D eigenvalue weighted by atomic mass is 9.96. The van der Waals surface area contributed by atoms with Crippen LogP contribution in [0.5, 0.6) is 5.75 Å². The number of nitrogens with one attached hydrogen (secondary N) is 1. The van der Waals surface area contributed by atoms with E-state index in [1.165, 1.54) is 22.7 Å². The number of nitrogens with zero attached hydrogens (tertiary/aromatic N) is 1. The van der Waals surface area contributed by atoms with E-state index in [1.54, 1.807) is 31.4 Å². The first-order valence-electron chi connectivity index (χ1n) is 10.1. The summed E-state index contributed by atoms with van der Waals surface area (Å²) in [6.07, 6.45) is 9.18. The van der Waals surface area contributed by atoms with Gasteiger partial charge in [-0.15, -0.1) is 0 Å². The molecular weight excluding hydrogens is 376 g/mol. The van der Waals surface area contributed by atoms with Crippen LogP contribution in [0.3, 0.4) is 0 Å². The number of rotatable bonds is 7. The Morgan fingerprint density at radius 3 is 2.50 bits per heavy atom. The molecule has 6 nitrogen and oxygen atoms in total. The molecule has 1 aromatic carbocycles. The number of amides is 1. The van der Waals surface area contributed by atoms with E-state index in [9.17, 15) is 13.2 Å². The first-order chi connectivity index (χ1) is 13.5. The van der Waals surface area contributed by atoms with Crippen molar-refractivity contribution in [1.82, 2.24) is 9.62 Å². The number of carbonyl (C=O) groups excluding carboxylic acids is 1. The van der Waals surface area contributed by atoms with Crippen molar-refractivity contribution in [3.63, 3.8) is 0 Å². The smallest absolute Gasteiger partial charge is 0.243 e. The Balaban J connectivity index is 1.47. The van der Waals surface area contributed by atoms with Crippen LogP contribution >= 0.6 is 0 Å². The summed E-state index contributed by atoms with van der Waals surface area (Å²) in [6.45, 7) is 1.42. The van der Waals surface area contributed by atoms with Crippen LogP contribution in [0.4, 0.5) is 0 Å². The van der Waals surface area contributed by atoms with Gasteiger partial charge >= 0.3 is 0 Å². The van der Waals surface area contributed by atoms with Crippen molar-refractivity contribution in [2.75, 3.05) is 26.7 Å². The number of ether oxygens (including phenoxy) is 1. The average Bonchev–Trinajstić information content (AvgIpc) is 2.74. The lowest BCUT2D eigenvalue weighted by Crippen LogP contribution is -2.43. The zero-order valence-corrected chi connectivity index (χ0v) is 17.3. The number of allylic oxidation sites excluding steroid dienone is 1. The highest BCUT2D eigenvalue weighted by molar-refractivity contribution is 7.89. The summed E-state index contributed by atoms with van der Waals surface area (Å²) in [4.78, 5) is 12.7. The summed E-state index contributed by atoms with van der Waals surface area (Å²) in [5.74, 6) is 0.568. The number of carbonyl (C=O) groups is 1. The first kappa shape index (κ1) is 20.9. The van der Waals surface area contributed by atoms with Gasteiger partial charge in [0, 0.05) is 25.6 Å². The van der Waals surface area contributed by atoms with E-state index < -0.39 is 10.0 Å². The average molecular weight is 407 g/mol. The molecule has 0 radical (unpaired) electrons. The fourth-order valence-corrected chi connectivity index (χ4v) is 5.35. The Morgan fingerprint density at radius 2 is 1.89 bits per heavy atom. The van der Waals surface area contributed by atoms with E-state index in [0.717, 1.165) is 19.3 Å². The van der Waals surface area contributed by atoms with Crippen molar-refractivity contribution >= 4 is 15.9 Å². The van der Waals surface area contributed by atoms with Crippen LogP contribution < -0.4 is 10.1 Å². The van der Waals surface area contributed by atoms with Crippen LogP contribution in [0.25, 0.3) is 0 Å². The Kier molecular flexibility index (Phi) is 7.13. The molecule has 28 heavy (non-hydrogen) atoms. The van der Waals surface area contributed by atoms with Crippen LogP contribution in [0, 0.1) is 5.92 Å². The van der Waals surface area contributed by atoms with E-state index in [4.69, 9.17) is 4.74 Å². The molecule has 0 aromatic heterocycles. The van der Waals surface area contributed by atoms with Crippen LogP contribution in [0.15, 0.2) is 40.8 Å². The zero-order valence-electron chi connectivity index (χ0n) is 16.5. The minimum Gasteiger partial charge on any atom is -0.497 e. The third kappa shape index (κ3) is 5.14. The second-order valence-corrected chi connectivity index (χ2v) is 9.44. The molecule has 1 N–H and O–H groups in total. The lowest BCUT2D eigenvalue weighted by molar-refractivity contribution is -0.126. The molecule has 0 spiro atoms. The van der Waals surface area contributed by atoms with Gasteiger partial charge in [-0.1, -0.05) is 11.6 Å². The molecule has 7 heteroatoms. The molecular formula is C21H30N2O4S. The molecule has 1 amide bonds. The number of benzene rings is 1. The molecule has 1 aliphatic carbocycles. The molecule has 2 aliphatic rings. The van der Waals surface area contributed by atoms with Gasteiger partial charge in [-0.2, -0.15) is 4.31 Å². The number of sulfonamides is 1. The van der Waals surface area contributed by atoms with E-state index in [-0.39, 0.29) is 16.7 Å². The Morgan fingerprint density at radius 1 is 1.18 bits per heavy atom. The summed E-state index contributed by atoms with van der Waals surface area (Å²) in [6, 6.07) is 6.42. The molecule has 1 fully saturated rings. The van der Waals surface area contributed by atoms with E-state index >= 15 is 0 Å². The fraction of sp³-hybridized carbons (Fsp3) is 0.571. The normalized spacial score (nSPS) is 19.1. The number of hydrogen-bond acceptors (Lipinski definition) is 4. The molecule has 3 rings (SSSR count). The largest absolute Gasteiger partial charge is 0.497 e. The van der Waals surface area contributed by atoms with Gasteiger partial charge in [0.2, 0.25) is 15.9 Å². The highest BCUT2D eigenvalue weighted by atomic mass is 32.2. The van der Waals surface area contributed by atoms with Crippen LogP contribution in [-0.4, -0.2) is 45.4 Å². The standard InChI is InChI=1S/C21H30N2O4S/c1-27-19-7-9-20(10-8-19)28(25,26)23-15-12-18(13-16-23)21(24)22-14-11-17-5-3-2-4-6-17/h5,7-10,18H,2-4,6,11-16H2,1H3,(H,22,24). The maximum atomic E-state index is 12.8. The zero-order chi connectivity index (χ0) is 20.0. The Labute approximate surface area is 168 Å². The SMILES string of the molecule is COc1ccc(S(=O)(=O)N2CCC(C(=O)NCCC3=CCCCC3)CC2)cc1. The minimum absolute atomic E-state index is 0.0536. The molecule has 0 atom stereocenters. The van der Waals surface area contributed by atoms with Crippen molar-refractivity contribution in [1.29, 1.82) is 0 Å². The fourth-order valence-electron chi connectivity index (χ4n) is 3.88. The molecule has 1 aliphatic heterocycles. The van der Waals surface area contributed by atoms with Gasteiger partial charge in [0.1, 0.15) is 5.75 Å². The van der Waals surface area contributed by atoms with Crippen molar-refractivity contribution in [2.45, 2.75) is 49.8 Å². The second-order valence-electron chi connectivity index (χ2n) is 7.50. The van der Waals surface area contributed by atoms with Gasteiger partial charge in [-0.25, -0.2) is 8.42 Å². The summed E-state index contributed by atoms with van der Waals surface area (Å²) in [5.41, 5.74) is 1.45. The van der Waals surface area contributed by atoms with Gasteiger partial charge in [-0.05, 0) is 69.2 Å². The summed E-state index contributed by atoms with van der Waals surface area (Å²) >= 11 is 0. The predicted molar refractivity (Wildman–Crippen MR) is 109 cm³/mol. The molecule has 0 unspecified atom stereocenters. The molecule has 0 saturated carbocycles. The van der Waals surface area contributed by atoms with E-state index in [1.807, 2.05) is 0 Å². The molecule has 1 heterocycles. The highest BCUT2D eigenvalue weighted by Gasteiger charge is 2.32. The van der Waals surface area contributed by atoms with Gasteiger partial charge in [0.25, 0.3) is 0 Å². The second kappa shape index (κ2) is 9.56. The maximum Gasteiger partial charge on any atom is 0.243 e. The highest BCUT2D eigenvalue weighted by Crippen LogP contribution is 2.25. The Bertz CT molecular complexity index is 794. The van der Waals surface area contributed by atoms with Gasteiger partial charge in [-0.3, -0.25) is 4.79 Å². The van der Waals surface area contributed by atoms with Gasteiger partial charge < -0.3 is 10.1 Å². The van der Waals surface area contributed by atoms with Crippen LogP contribution in [-0.2, 0) is 14.8 Å². The number of piperidine rings is 1. The van der Waals surface area contributed by atoms with Crippen molar-refractivity contribution in [2.24, 2.45) is 5.92 Å². The summed E-state index contributed by atoms with van der Waals surface area (Å²) in [7, 11) is -1.98. The number of hydrogen-bond donors (Lipinski definition) is 1. The van der Waals surface area contributed by atoms with Gasteiger partial charge in [0.15, 0.2) is 0 Å². The lowest BCUT2D eigenvalue weighted by Gasteiger charge is -2.30. The molecule has 0 bridgehead atoms. The van der Waals surface area contributed by atoms with E-state index in [2.05, 4.69) is 11.4 Å². The van der Waals surface area contributed by atoms with E-state index in [0.29, 0.717) is 38.2 Å². The van der Waals surface area contributed by atoms with Crippen molar-refractivity contribution < 1.29 is 17.9 Å². The molecule has 1 saturated heterocycles. The van der Waals surface area contributed by atoms with Gasteiger partial charge in [0.05, 0.1) is 12.0 Å². The monoisotopic (exact) mass is 406 g/mol. The topological polar surface area (TPSA) is 75.7 Å². The quantitative estimate of drug-likeness (QED) is 0.706. The first-order valence-corrected chi connectivity index (χ1v) is 11.5. The van der Waals surface area contributed by atoms with Crippen LogP contribution in [0.2, 0.25) is 0 Å². The third-order valence-corrected chi connectivity index (χ3v) is 7.57. The Hall–Kier alpha value is -1.86.